The fraction of sp³-hybridized carbons (Fsp3) is 0.481. The first-order valence-corrected chi connectivity index (χ1v) is 16.0. The number of thiophene rings is 1. The molecule has 2 saturated heterocycles. The number of amides is 1. The van der Waals surface area contributed by atoms with Crippen LogP contribution in [0, 0.1) is 0 Å². The molecule has 5 heterocycles. The molecule has 1 atom stereocenters. The number of morpholine rings is 1. The minimum atomic E-state index is -0.915. The Morgan fingerprint density at radius 3 is 2.67 bits per heavy atom. The van der Waals surface area contributed by atoms with Crippen LogP contribution in [0.1, 0.15) is 17.7 Å². The van der Waals surface area contributed by atoms with Crippen LogP contribution in [-0.2, 0) is 33.6 Å². The number of anilines is 1. The predicted octanol–water partition coefficient (Wildman–Crippen LogP) is 2.22. The molecule has 40 heavy (non-hydrogen) atoms. The molecule has 0 spiro atoms. The van der Waals surface area contributed by atoms with E-state index in [4.69, 9.17) is 20.4 Å². The molecule has 11 nitrogen and oxygen atoms in total. The lowest BCUT2D eigenvalue weighted by molar-refractivity contribution is -0.118. The van der Waals surface area contributed by atoms with E-state index >= 15 is 0 Å². The summed E-state index contributed by atoms with van der Waals surface area (Å²) in [6, 6.07) is 8.29. The van der Waals surface area contributed by atoms with E-state index < -0.39 is 11.0 Å². The third-order valence-corrected chi connectivity index (χ3v) is 9.71. The van der Waals surface area contributed by atoms with Gasteiger partial charge < -0.3 is 15.4 Å². The Labute approximate surface area is 239 Å². The Hall–Kier alpha value is -2.97. The minimum Gasteiger partial charge on any atom is -0.378 e. The first kappa shape index (κ1) is 27.2. The molecule has 212 valence electrons. The van der Waals surface area contributed by atoms with E-state index in [1.54, 1.807) is 17.6 Å². The molecule has 13 heteroatoms. The molecule has 1 amide bonds. The van der Waals surface area contributed by atoms with Crippen LogP contribution in [0.4, 0.5) is 5.82 Å². The average Bonchev–Trinajstić information content (AvgIpc) is 3.56. The second kappa shape index (κ2) is 11.9. The van der Waals surface area contributed by atoms with Gasteiger partial charge in [-0.2, -0.15) is 5.10 Å². The van der Waals surface area contributed by atoms with Crippen molar-refractivity contribution in [2.75, 3.05) is 63.6 Å². The Morgan fingerprint density at radius 2 is 1.93 bits per heavy atom. The van der Waals surface area contributed by atoms with Crippen LogP contribution < -0.4 is 10.6 Å². The van der Waals surface area contributed by atoms with Crippen LogP contribution in [0.15, 0.2) is 30.5 Å². The number of nitrogens with two attached hydrogens (primary N) is 1. The van der Waals surface area contributed by atoms with Crippen molar-refractivity contribution < 1.29 is 13.7 Å². The Kier molecular flexibility index (Phi) is 8.08. The third-order valence-electron chi connectivity index (χ3n) is 7.51. The van der Waals surface area contributed by atoms with Crippen molar-refractivity contribution >= 4 is 55.2 Å². The van der Waals surface area contributed by atoms with E-state index in [1.807, 2.05) is 33.4 Å². The van der Waals surface area contributed by atoms with Gasteiger partial charge in [-0.1, -0.05) is 12.1 Å². The number of rotatable bonds is 9. The molecular weight excluding hydrogens is 548 g/mol. The number of carbonyl (C=O) groups excluding carboxylic acids is 1. The molecule has 0 saturated carbocycles. The molecule has 1 unspecified atom stereocenters. The van der Waals surface area contributed by atoms with Gasteiger partial charge in [-0.05, 0) is 18.6 Å². The van der Waals surface area contributed by atoms with Gasteiger partial charge >= 0.3 is 0 Å². The van der Waals surface area contributed by atoms with Gasteiger partial charge in [-0.15, -0.1) is 11.3 Å². The van der Waals surface area contributed by atoms with Gasteiger partial charge in [0.05, 0.1) is 46.1 Å². The number of aryl methyl sites for hydroxylation is 1. The number of benzene rings is 1. The summed E-state index contributed by atoms with van der Waals surface area (Å²) < 4.78 is 22.5. The van der Waals surface area contributed by atoms with Gasteiger partial charge in [0.1, 0.15) is 0 Å². The van der Waals surface area contributed by atoms with Crippen molar-refractivity contribution in [2.24, 2.45) is 5.73 Å². The lowest BCUT2D eigenvalue weighted by atomic mass is 10.1. The van der Waals surface area contributed by atoms with Crippen LogP contribution >= 0.6 is 11.3 Å². The highest BCUT2D eigenvalue weighted by atomic mass is 32.2. The first-order valence-electron chi connectivity index (χ1n) is 13.6. The van der Waals surface area contributed by atoms with Crippen molar-refractivity contribution in [2.45, 2.75) is 25.9 Å². The molecule has 6 rings (SSSR count). The lowest BCUT2D eigenvalue weighted by Crippen LogP contribution is -2.46. The van der Waals surface area contributed by atoms with Crippen LogP contribution in [0.3, 0.4) is 0 Å². The fourth-order valence-corrected chi connectivity index (χ4v) is 7.23. The highest BCUT2D eigenvalue weighted by Gasteiger charge is 2.23. The quantitative estimate of drug-likeness (QED) is 0.319. The summed E-state index contributed by atoms with van der Waals surface area (Å²) in [6.45, 7) is 7.81. The van der Waals surface area contributed by atoms with Crippen molar-refractivity contribution in [3.63, 3.8) is 0 Å². The number of aromatic nitrogens is 4. The largest absolute Gasteiger partial charge is 0.378 e. The number of fused-ring (bicyclic) bond motifs is 2. The summed E-state index contributed by atoms with van der Waals surface area (Å²) in [5.74, 6) is 1.33. The lowest BCUT2D eigenvalue weighted by Gasteiger charge is -2.32. The number of primary amides is 1. The number of carbonyl (C=O) groups is 1. The van der Waals surface area contributed by atoms with Gasteiger partial charge in [-0.3, -0.25) is 14.4 Å². The van der Waals surface area contributed by atoms with Gasteiger partial charge in [0, 0.05) is 80.9 Å². The predicted molar refractivity (Wildman–Crippen MR) is 159 cm³/mol. The number of ether oxygens (including phenoxy) is 1. The maximum absolute atomic E-state index is 11.8. The standard InChI is InChI=1S/C27H34N8O3S2/c1-40(37)34-10-8-32(9-11-34)18-19-16-22-25(39-19)27(33-12-14-38-15-13-33)31-26(30-22)20-4-2-5-23-21(20)17-29-35(23)7-3-6-24(28)36/h2,4-5,16-17H,3,6-15,18H2,1H3,(H2,28,36). The zero-order valence-electron chi connectivity index (χ0n) is 22.6. The maximum atomic E-state index is 11.8. The summed E-state index contributed by atoms with van der Waals surface area (Å²) in [5, 5.41) is 5.58. The normalized spacial score (nSPS) is 18.1. The minimum absolute atomic E-state index is 0.302. The summed E-state index contributed by atoms with van der Waals surface area (Å²) in [4.78, 5) is 27.4. The second-order valence-electron chi connectivity index (χ2n) is 10.2. The molecule has 0 radical (unpaired) electrons. The van der Waals surface area contributed by atoms with Crippen molar-refractivity contribution in [1.29, 1.82) is 0 Å². The first-order chi connectivity index (χ1) is 19.5. The summed E-state index contributed by atoms with van der Waals surface area (Å²) in [6.07, 6.45) is 4.58. The molecule has 1 aromatic carbocycles. The number of hydrogen-bond donors (Lipinski definition) is 1. The molecule has 4 aromatic rings. The Balaban J connectivity index is 1.34. The van der Waals surface area contributed by atoms with Gasteiger partial charge in [0.15, 0.2) is 11.6 Å². The Bertz CT molecular complexity index is 1540. The molecule has 0 bridgehead atoms. The second-order valence-corrected chi connectivity index (χ2v) is 12.7. The number of hydrogen-bond acceptors (Lipinski definition) is 9. The van der Waals surface area contributed by atoms with Crippen molar-refractivity contribution in [1.82, 2.24) is 29.0 Å². The molecule has 3 aromatic heterocycles. The number of piperazine rings is 1. The average molecular weight is 583 g/mol. The molecule has 2 aliphatic rings. The summed E-state index contributed by atoms with van der Waals surface area (Å²) in [7, 11) is -0.915. The topological polar surface area (TPSA) is 123 Å². The zero-order chi connectivity index (χ0) is 27.6. The van der Waals surface area contributed by atoms with Gasteiger partial charge in [-0.25, -0.2) is 18.5 Å². The van der Waals surface area contributed by atoms with Crippen LogP contribution in [0.25, 0.3) is 32.5 Å². The van der Waals surface area contributed by atoms with Crippen molar-refractivity contribution in [3.8, 4) is 11.4 Å². The zero-order valence-corrected chi connectivity index (χ0v) is 24.3. The van der Waals surface area contributed by atoms with Crippen LogP contribution in [-0.4, -0.2) is 97.8 Å². The smallest absolute Gasteiger partial charge is 0.217 e. The molecule has 2 aliphatic heterocycles. The summed E-state index contributed by atoms with van der Waals surface area (Å²) in [5.41, 5.74) is 8.19. The van der Waals surface area contributed by atoms with Crippen LogP contribution in [0.2, 0.25) is 0 Å². The van der Waals surface area contributed by atoms with Gasteiger partial charge in [0.25, 0.3) is 0 Å². The molecule has 0 aliphatic carbocycles. The van der Waals surface area contributed by atoms with Crippen LogP contribution in [0.5, 0.6) is 0 Å². The monoisotopic (exact) mass is 582 g/mol. The maximum Gasteiger partial charge on any atom is 0.217 e. The van der Waals surface area contributed by atoms with E-state index in [0.29, 0.717) is 38.4 Å². The fourth-order valence-electron chi connectivity index (χ4n) is 5.40. The number of nitrogens with zero attached hydrogens (tertiary/aromatic N) is 7. The SMILES string of the molecule is CS(=O)N1CCN(Cc2cc3nc(-c4cccc5c4cnn5CCCC(N)=O)nc(N4CCOCC4)c3s2)CC1. The van der Waals surface area contributed by atoms with Crippen molar-refractivity contribution in [3.05, 3.63) is 35.3 Å². The van der Waals surface area contributed by atoms with E-state index in [0.717, 1.165) is 78.3 Å². The highest BCUT2D eigenvalue weighted by molar-refractivity contribution is 7.81. The van der Waals surface area contributed by atoms with E-state index in [-0.39, 0.29) is 5.91 Å². The van der Waals surface area contributed by atoms with E-state index in [2.05, 4.69) is 21.0 Å². The highest BCUT2D eigenvalue weighted by Crippen LogP contribution is 2.36. The third kappa shape index (κ3) is 5.75. The molecule has 2 fully saturated rings. The van der Waals surface area contributed by atoms with E-state index in [9.17, 15) is 9.00 Å². The molecular formula is C27H34N8O3S2. The Morgan fingerprint density at radius 1 is 1.12 bits per heavy atom. The van der Waals surface area contributed by atoms with Gasteiger partial charge in [0.2, 0.25) is 5.91 Å². The van der Waals surface area contributed by atoms with E-state index in [1.165, 1.54) is 4.88 Å². The molecule has 2 N–H and O–H groups in total. The summed E-state index contributed by atoms with van der Waals surface area (Å²) >= 11 is 1.76.